The Hall–Kier alpha value is -4.60. The second-order valence-electron chi connectivity index (χ2n) is 10.3. The van der Waals surface area contributed by atoms with Crippen LogP contribution in [0.25, 0.3) is 49.0 Å². The summed E-state index contributed by atoms with van der Waals surface area (Å²) in [6, 6.07) is 21.1. The van der Waals surface area contributed by atoms with Crippen molar-refractivity contribution in [2.45, 2.75) is 25.7 Å². The van der Waals surface area contributed by atoms with Crippen molar-refractivity contribution in [1.29, 1.82) is 0 Å². The lowest BCUT2D eigenvalue weighted by atomic mass is 9.84. The second-order valence-corrected chi connectivity index (χ2v) is 11.4. The fraction of sp³-hybridized carbons (Fsp3) is 0.105. The molecule has 3 heteroatoms. The van der Waals surface area contributed by atoms with Crippen LogP contribution in [0.5, 0.6) is 0 Å². The maximum absolute atomic E-state index is 8.99. The third-order valence-corrected chi connectivity index (χ3v) is 9.17. The van der Waals surface area contributed by atoms with Gasteiger partial charge in [0.2, 0.25) is 0 Å². The summed E-state index contributed by atoms with van der Waals surface area (Å²) in [7, 11) is 0. The Morgan fingerprint density at radius 1 is 0.610 bits per heavy atom. The van der Waals surface area contributed by atoms with Crippen molar-refractivity contribution in [3.63, 3.8) is 0 Å². The lowest BCUT2D eigenvalue weighted by Gasteiger charge is -2.21. The van der Waals surface area contributed by atoms with Gasteiger partial charge in [0.15, 0.2) is 0 Å². The summed E-state index contributed by atoms with van der Waals surface area (Å²) < 4.78 is 59.7. The largest absolute Gasteiger partial charge is 0.254 e. The average molecular weight is 552 g/mol. The molecule has 2 nitrogen and oxygen atoms in total. The second kappa shape index (κ2) is 10.1. The number of pyridine rings is 2. The van der Waals surface area contributed by atoms with Gasteiger partial charge in [-0.1, -0.05) is 90.9 Å². The number of hydrogen-bond donors (Lipinski definition) is 0. The van der Waals surface area contributed by atoms with Gasteiger partial charge in [0.25, 0.3) is 0 Å². The number of aromatic nitrogens is 2. The minimum absolute atomic E-state index is 0.00110. The van der Waals surface area contributed by atoms with Gasteiger partial charge in [0, 0.05) is 26.7 Å². The van der Waals surface area contributed by atoms with Crippen LogP contribution in [-0.4, -0.2) is 9.97 Å². The number of benzene rings is 3. The summed E-state index contributed by atoms with van der Waals surface area (Å²) in [4.78, 5) is 11.6. The molecule has 0 atom stereocenters. The molecule has 0 bridgehead atoms. The molecule has 0 N–H and O–H groups in total. The van der Waals surface area contributed by atoms with Crippen LogP contribution < -0.4 is 10.4 Å². The lowest BCUT2D eigenvalue weighted by molar-refractivity contribution is 0.959. The van der Waals surface area contributed by atoms with E-state index in [1.54, 1.807) is 0 Å². The average Bonchev–Trinajstić information content (AvgIpc) is 3.61. The Labute approximate surface area is 253 Å². The van der Waals surface area contributed by atoms with Gasteiger partial charge in [-0.15, -0.1) is 11.3 Å². The summed E-state index contributed by atoms with van der Waals surface area (Å²) in [5, 5.41) is 1.97. The van der Waals surface area contributed by atoms with E-state index in [4.69, 9.17) is 14.6 Å². The quantitative estimate of drug-likeness (QED) is 0.205. The Balaban J connectivity index is 1.28. The van der Waals surface area contributed by atoms with Crippen LogP contribution in [-0.2, 0) is 0 Å². The summed E-state index contributed by atoms with van der Waals surface area (Å²) in [6.45, 7) is 0. The summed E-state index contributed by atoms with van der Waals surface area (Å²) >= 11 is 1.82. The van der Waals surface area contributed by atoms with Gasteiger partial charge in [-0.25, -0.2) is 4.98 Å². The highest BCUT2D eigenvalue weighted by atomic mass is 32.1. The van der Waals surface area contributed by atoms with Gasteiger partial charge < -0.3 is 0 Å². The first-order valence-electron chi connectivity index (χ1n) is 17.3. The van der Waals surface area contributed by atoms with E-state index in [1.165, 1.54) is 32.0 Å². The molecule has 0 fully saturated rings. The van der Waals surface area contributed by atoms with Crippen LogP contribution in [0.3, 0.4) is 0 Å². The summed E-state index contributed by atoms with van der Waals surface area (Å²) in [5.74, 6) is 0. The zero-order valence-corrected chi connectivity index (χ0v) is 23.0. The highest BCUT2D eigenvalue weighted by Crippen LogP contribution is 2.38. The molecule has 0 radical (unpaired) electrons. The van der Waals surface area contributed by atoms with Gasteiger partial charge in [0.05, 0.1) is 26.3 Å². The number of thiophene rings is 1. The smallest absolute Gasteiger partial charge is 0.0971 e. The standard InChI is InChI=1S/C38H28N2S/c1-2-7-26(8-3-1)35-22-23-36(41-35)27-14-12-25(13-15-27)30-19-20-33(32-11-5-4-10-31(30)32)34-21-18-29-17-16-28-9-6-24-39-37(28)38(29)40-34/h1-12,14,16-18,21-24H,13,15,19-20H2/i6D,9D,16D,17D,18D,21D,24D. The molecule has 0 unspecified atom stereocenters. The fourth-order valence-electron chi connectivity index (χ4n) is 5.93. The predicted molar refractivity (Wildman–Crippen MR) is 173 cm³/mol. The van der Waals surface area contributed by atoms with E-state index in [0.717, 1.165) is 35.3 Å². The van der Waals surface area contributed by atoms with Crippen LogP contribution in [0.15, 0.2) is 127 Å². The van der Waals surface area contributed by atoms with E-state index < -0.39 is 12.2 Å². The molecule has 0 saturated carbocycles. The van der Waals surface area contributed by atoms with E-state index in [1.807, 2.05) is 35.6 Å². The van der Waals surface area contributed by atoms with Crippen molar-refractivity contribution in [3.8, 4) is 10.4 Å². The molecule has 2 aliphatic rings. The van der Waals surface area contributed by atoms with Crippen molar-refractivity contribution < 1.29 is 9.60 Å². The van der Waals surface area contributed by atoms with E-state index in [-0.39, 0.29) is 52.0 Å². The number of allylic oxidation sites excluding steroid dienone is 4. The number of fused-ring (bicyclic) bond motifs is 4. The number of nitrogens with zero attached hydrogens (tertiary/aromatic N) is 2. The Morgan fingerprint density at radius 2 is 1.29 bits per heavy atom. The van der Waals surface area contributed by atoms with Crippen LogP contribution >= 0.6 is 11.3 Å². The normalized spacial score (nSPS) is 17.5. The first-order chi connectivity index (χ1) is 23.2. The molecule has 3 heterocycles. The molecule has 41 heavy (non-hydrogen) atoms. The molecule has 8 rings (SSSR count). The molecule has 196 valence electrons. The van der Waals surface area contributed by atoms with Gasteiger partial charge in [-0.3, -0.25) is 4.98 Å². The third-order valence-electron chi connectivity index (χ3n) is 7.96. The molecule has 3 aromatic carbocycles. The molecular formula is C38H28N2S. The van der Waals surface area contributed by atoms with E-state index in [0.29, 0.717) is 12.1 Å². The molecule has 0 spiro atoms. The molecule has 6 aromatic rings. The van der Waals surface area contributed by atoms with Crippen molar-refractivity contribution >= 4 is 49.9 Å². The molecule has 2 aliphatic carbocycles. The Morgan fingerprint density at radius 3 is 2.12 bits per heavy atom. The van der Waals surface area contributed by atoms with Crippen LogP contribution in [0.4, 0.5) is 0 Å². The first-order valence-corrected chi connectivity index (χ1v) is 14.6. The third kappa shape index (κ3) is 4.34. The highest BCUT2D eigenvalue weighted by molar-refractivity contribution is 7.16. The minimum Gasteiger partial charge on any atom is -0.254 e. The van der Waals surface area contributed by atoms with Gasteiger partial charge in [0.1, 0.15) is 0 Å². The maximum Gasteiger partial charge on any atom is 0.0971 e. The molecular weight excluding hydrogens is 516 g/mol. The first kappa shape index (κ1) is 18.0. The topological polar surface area (TPSA) is 25.8 Å². The van der Waals surface area contributed by atoms with Gasteiger partial charge >= 0.3 is 0 Å². The number of rotatable bonds is 4. The van der Waals surface area contributed by atoms with E-state index >= 15 is 0 Å². The molecule has 0 amide bonds. The fourth-order valence-corrected chi connectivity index (χ4v) is 6.99. The Bertz CT molecular complexity index is 2540. The number of hydrogen-bond acceptors (Lipinski definition) is 3. The maximum atomic E-state index is 8.99. The monoisotopic (exact) mass is 551 g/mol. The minimum atomic E-state index is -0.431. The molecule has 0 saturated heterocycles. The van der Waals surface area contributed by atoms with Crippen molar-refractivity contribution in [2.75, 3.05) is 0 Å². The van der Waals surface area contributed by atoms with Gasteiger partial charge in [-0.2, -0.15) is 0 Å². The van der Waals surface area contributed by atoms with Crippen LogP contribution in [0, 0.1) is 0 Å². The zero-order chi connectivity index (χ0) is 33.3. The van der Waals surface area contributed by atoms with Crippen molar-refractivity contribution in [3.05, 3.63) is 148 Å². The molecule has 0 aliphatic heterocycles. The summed E-state index contributed by atoms with van der Waals surface area (Å²) in [5.41, 5.74) is 6.39. The van der Waals surface area contributed by atoms with E-state index in [9.17, 15) is 0 Å². The highest BCUT2D eigenvalue weighted by Gasteiger charge is 2.19. The zero-order valence-electron chi connectivity index (χ0n) is 29.1. The predicted octanol–water partition coefficient (Wildman–Crippen LogP) is 8.46. The van der Waals surface area contributed by atoms with Gasteiger partial charge in [-0.05, 0) is 88.2 Å². The Kier molecular flexibility index (Phi) is 4.42. The summed E-state index contributed by atoms with van der Waals surface area (Å²) in [6.07, 6.45) is 7.24. The van der Waals surface area contributed by atoms with Crippen molar-refractivity contribution in [1.82, 2.24) is 9.97 Å². The van der Waals surface area contributed by atoms with Crippen LogP contribution in [0.2, 0.25) is 0 Å². The lowest BCUT2D eigenvalue weighted by Crippen LogP contribution is -2.33. The molecule has 3 aromatic heterocycles. The SMILES string of the molecule is [2H]c1nc2c(c([2H])c1[2H])c([2H])c([2H])c1c([2H])c([2H])c(C3=c4ccccc4=C(C4=CC=C(c5ccc(-c6ccccc6)s5)CC4)CC3)nc12. The van der Waals surface area contributed by atoms with Crippen LogP contribution in [0.1, 0.15) is 45.8 Å². The van der Waals surface area contributed by atoms with Crippen molar-refractivity contribution in [2.24, 2.45) is 0 Å². The van der Waals surface area contributed by atoms with E-state index in [2.05, 4.69) is 59.6 Å².